The number of aliphatic hydroxyl groups is 1. The van der Waals surface area contributed by atoms with Gasteiger partial charge in [0.25, 0.3) is 0 Å². The smallest absolute Gasteiger partial charge is 0.122 e. The molecule has 0 aromatic heterocycles. The summed E-state index contributed by atoms with van der Waals surface area (Å²) < 4.78 is 5.86. The van der Waals surface area contributed by atoms with E-state index in [-0.39, 0.29) is 12.6 Å². The lowest BCUT2D eigenvalue weighted by Gasteiger charge is -2.18. The zero-order valence-electron chi connectivity index (χ0n) is 11.5. The van der Waals surface area contributed by atoms with Crippen LogP contribution in [0, 0.1) is 20.8 Å². The van der Waals surface area contributed by atoms with Crippen LogP contribution in [0.5, 0.6) is 5.75 Å². The van der Waals surface area contributed by atoms with Gasteiger partial charge in [-0.15, -0.1) is 0 Å². The predicted octanol–water partition coefficient (Wildman–Crippen LogP) is 2.10. The van der Waals surface area contributed by atoms with E-state index in [1.165, 1.54) is 29.5 Å². The zero-order valence-corrected chi connectivity index (χ0v) is 11.5. The van der Waals surface area contributed by atoms with E-state index >= 15 is 0 Å². The molecule has 1 unspecified atom stereocenters. The monoisotopic (exact) mass is 249 g/mol. The van der Waals surface area contributed by atoms with Crippen molar-refractivity contribution in [2.45, 2.75) is 45.7 Å². The minimum Gasteiger partial charge on any atom is -0.492 e. The minimum atomic E-state index is 0.0396. The van der Waals surface area contributed by atoms with Gasteiger partial charge < -0.3 is 15.2 Å². The third kappa shape index (κ3) is 3.47. The molecular weight excluding hydrogens is 226 g/mol. The first-order valence-electron chi connectivity index (χ1n) is 6.67. The molecule has 1 aliphatic carbocycles. The molecule has 3 heteroatoms. The summed E-state index contributed by atoms with van der Waals surface area (Å²) in [6, 6.07) is 4.85. The molecule has 1 fully saturated rings. The Labute approximate surface area is 109 Å². The highest BCUT2D eigenvalue weighted by molar-refractivity contribution is 5.41. The van der Waals surface area contributed by atoms with E-state index in [2.05, 4.69) is 38.2 Å². The first-order chi connectivity index (χ1) is 8.60. The molecule has 0 heterocycles. The fraction of sp³-hybridized carbons (Fsp3) is 0.600. The molecule has 1 aromatic carbocycles. The van der Waals surface area contributed by atoms with Crippen LogP contribution in [0.25, 0.3) is 0 Å². The lowest BCUT2D eigenvalue weighted by molar-refractivity contribution is 0.181. The van der Waals surface area contributed by atoms with Gasteiger partial charge in [-0.05, 0) is 56.4 Å². The fourth-order valence-corrected chi connectivity index (χ4v) is 2.08. The van der Waals surface area contributed by atoms with E-state index in [4.69, 9.17) is 4.74 Å². The lowest BCUT2D eigenvalue weighted by Crippen LogP contribution is -2.39. The molecular formula is C15H23NO2. The summed E-state index contributed by atoms with van der Waals surface area (Å²) in [7, 11) is 0. The molecule has 1 atom stereocenters. The Hall–Kier alpha value is -1.06. The van der Waals surface area contributed by atoms with E-state index < -0.39 is 0 Å². The third-order valence-electron chi connectivity index (χ3n) is 3.47. The van der Waals surface area contributed by atoms with Gasteiger partial charge in [-0.1, -0.05) is 6.07 Å². The van der Waals surface area contributed by atoms with Crippen molar-refractivity contribution in [2.24, 2.45) is 0 Å². The second-order valence-electron chi connectivity index (χ2n) is 5.34. The van der Waals surface area contributed by atoms with Crippen LogP contribution in [-0.4, -0.2) is 30.4 Å². The van der Waals surface area contributed by atoms with Crippen LogP contribution in [-0.2, 0) is 0 Å². The van der Waals surface area contributed by atoms with Gasteiger partial charge in [0, 0.05) is 6.04 Å². The van der Waals surface area contributed by atoms with Crippen molar-refractivity contribution in [1.29, 1.82) is 0 Å². The molecule has 18 heavy (non-hydrogen) atoms. The number of rotatable bonds is 6. The van der Waals surface area contributed by atoms with E-state index in [9.17, 15) is 5.11 Å². The number of hydrogen-bond acceptors (Lipinski definition) is 3. The van der Waals surface area contributed by atoms with Crippen molar-refractivity contribution >= 4 is 0 Å². The van der Waals surface area contributed by atoms with E-state index in [1.807, 2.05) is 0 Å². The van der Waals surface area contributed by atoms with E-state index in [0.717, 1.165) is 5.75 Å². The Bertz CT molecular complexity index is 413. The first kappa shape index (κ1) is 13.4. The van der Waals surface area contributed by atoms with E-state index in [0.29, 0.717) is 12.6 Å². The summed E-state index contributed by atoms with van der Waals surface area (Å²) in [6.45, 7) is 6.90. The van der Waals surface area contributed by atoms with Gasteiger partial charge in [0.15, 0.2) is 0 Å². The predicted molar refractivity (Wildman–Crippen MR) is 73.2 cm³/mol. The largest absolute Gasteiger partial charge is 0.492 e. The van der Waals surface area contributed by atoms with Crippen LogP contribution in [0.15, 0.2) is 12.1 Å². The highest BCUT2D eigenvalue weighted by Gasteiger charge is 2.24. The van der Waals surface area contributed by atoms with Crippen LogP contribution in [0.1, 0.15) is 29.5 Å². The van der Waals surface area contributed by atoms with E-state index in [1.54, 1.807) is 0 Å². The topological polar surface area (TPSA) is 41.5 Å². The first-order valence-corrected chi connectivity index (χ1v) is 6.67. The van der Waals surface area contributed by atoms with Gasteiger partial charge in [0.05, 0.1) is 12.6 Å². The lowest BCUT2D eigenvalue weighted by atomic mass is 10.1. The molecule has 0 radical (unpaired) electrons. The average Bonchev–Trinajstić information content (AvgIpc) is 3.13. The van der Waals surface area contributed by atoms with Gasteiger partial charge >= 0.3 is 0 Å². The molecule has 0 saturated heterocycles. The number of aliphatic hydroxyl groups excluding tert-OH is 1. The van der Waals surface area contributed by atoms with Crippen LogP contribution in [0.4, 0.5) is 0 Å². The van der Waals surface area contributed by atoms with Gasteiger partial charge in [-0.3, -0.25) is 0 Å². The van der Waals surface area contributed by atoms with Crippen LogP contribution in [0.2, 0.25) is 0 Å². The van der Waals surface area contributed by atoms with Crippen LogP contribution >= 0.6 is 0 Å². The van der Waals surface area contributed by atoms with Crippen molar-refractivity contribution in [2.75, 3.05) is 13.2 Å². The number of hydrogen-bond donors (Lipinski definition) is 2. The van der Waals surface area contributed by atoms with Crippen molar-refractivity contribution in [3.05, 3.63) is 28.8 Å². The standard InChI is InChI=1S/C15H23NO2/c1-10-6-11(2)12(3)15(7-10)18-9-14(8-17)16-13-4-5-13/h6-7,13-14,16-17H,4-5,8-9H2,1-3H3. The van der Waals surface area contributed by atoms with Gasteiger partial charge in [0.1, 0.15) is 12.4 Å². The Balaban J connectivity index is 1.95. The normalized spacial score (nSPS) is 16.7. The van der Waals surface area contributed by atoms with Gasteiger partial charge in [-0.2, -0.15) is 0 Å². The number of aryl methyl sites for hydroxylation is 2. The van der Waals surface area contributed by atoms with Crippen molar-refractivity contribution in [3.8, 4) is 5.75 Å². The Kier molecular flexibility index (Phi) is 4.25. The maximum Gasteiger partial charge on any atom is 0.122 e. The summed E-state index contributed by atoms with van der Waals surface area (Å²) in [5, 5.41) is 12.7. The summed E-state index contributed by atoms with van der Waals surface area (Å²) in [6.07, 6.45) is 2.44. The van der Waals surface area contributed by atoms with Crippen LogP contribution in [0.3, 0.4) is 0 Å². The Morgan fingerprint density at radius 1 is 1.33 bits per heavy atom. The minimum absolute atomic E-state index is 0.0396. The Morgan fingerprint density at radius 3 is 2.67 bits per heavy atom. The second-order valence-corrected chi connectivity index (χ2v) is 5.34. The quantitative estimate of drug-likeness (QED) is 0.811. The highest BCUT2D eigenvalue weighted by Crippen LogP contribution is 2.24. The molecule has 3 nitrogen and oxygen atoms in total. The van der Waals surface area contributed by atoms with Crippen molar-refractivity contribution < 1.29 is 9.84 Å². The van der Waals surface area contributed by atoms with Gasteiger partial charge in [-0.25, -0.2) is 0 Å². The SMILES string of the molecule is Cc1cc(C)c(C)c(OCC(CO)NC2CC2)c1. The van der Waals surface area contributed by atoms with Crippen LogP contribution < -0.4 is 10.1 Å². The molecule has 2 rings (SSSR count). The summed E-state index contributed by atoms with van der Waals surface area (Å²) in [5.74, 6) is 0.934. The maximum absolute atomic E-state index is 9.32. The summed E-state index contributed by atoms with van der Waals surface area (Å²) in [5.41, 5.74) is 3.65. The maximum atomic E-state index is 9.32. The number of nitrogens with one attached hydrogen (secondary N) is 1. The molecule has 2 N–H and O–H groups in total. The molecule has 0 bridgehead atoms. The molecule has 1 aromatic rings. The van der Waals surface area contributed by atoms with Gasteiger partial charge in [0.2, 0.25) is 0 Å². The molecule has 1 saturated carbocycles. The van der Waals surface area contributed by atoms with Crippen molar-refractivity contribution in [1.82, 2.24) is 5.32 Å². The summed E-state index contributed by atoms with van der Waals surface area (Å²) in [4.78, 5) is 0. The molecule has 0 spiro atoms. The number of ether oxygens (including phenoxy) is 1. The molecule has 100 valence electrons. The fourth-order valence-electron chi connectivity index (χ4n) is 2.08. The average molecular weight is 249 g/mol. The molecule has 1 aliphatic rings. The third-order valence-corrected chi connectivity index (χ3v) is 3.47. The molecule has 0 aliphatic heterocycles. The number of benzene rings is 1. The molecule has 0 amide bonds. The van der Waals surface area contributed by atoms with Crippen molar-refractivity contribution in [3.63, 3.8) is 0 Å². The zero-order chi connectivity index (χ0) is 13.1. The summed E-state index contributed by atoms with van der Waals surface area (Å²) >= 11 is 0. The highest BCUT2D eigenvalue weighted by atomic mass is 16.5. The second kappa shape index (κ2) is 5.72. The Morgan fingerprint density at radius 2 is 2.06 bits per heavy atom.